The highest BCUT2D eigenvalue weighted by molar-refractivity contribution is 6.29. The van der Waals surface area contributed by atoms with E-state index in [-0.39, 0.29) is 23.1 Å². The summed E-state index contributed by atoms with van der Waals surface area (Å²) in [7, 11) is 1.63. The third-order valence-electron chi connectivity index (χ3n) is 5.29. The van der Waals surface area contributed by atoms with Crippen molar-refractivity contribution in [1.82, 2.24) is 19.5 Å². The zero-order chi connectivity index (χ0) is 23.8. The third-order valence-corrected chi connectivity index (χ3v) is 5.48. The molecule has 3 heterocycles. The van der Waals surface area contributed by atoms with Crippen molar-refractivity contribution in [2.24, 2.45) is 0 Å². The fraction of sp³-hybridized carbons (Fsp3) is 0.391. The summed E-state index contributed by atoms with van der Waals surface area (Å²) in [5.74, 6) is 1.05. The number of hydrogen-bond donors (Lipinski definition) is 0. The van der Waals surface area contributed by atoms with Crippen LogP contribution in [0.3, 0.4) is 0 Å². The van der Waals surface area contributed by atoms with E-state index in [1.165, 1.54) is 10.7 Å². The Morgan fingerprint density at radius 1 is 1.30 bits per heavy atom. The van der Waals surface area contributed by atoms with Gasteiger partial charge in [-0.1, -0.05) is 35.4 Å². The molecule has 0 atom stereocenters. The van der Waals surface area contributed by atoms with Crippen LogP contribution in [0.15, 0.2) is 36.5 Å². The molecule has 172 valence electrons. The number of amides is 1. The highest BCUT2D eigenvalue weighted by atomic mass is 35.5. The summed E-state index contributed by atoms with van der Waals surface area (Å²) >= 11 is 6.32. The summed E-state index contributed by atoms with van der Waals surface area (Å²) in [5.41, 5.74) is 1.78. The second-order valence-corrected chi connectivity index (χ2v) is 9.22. The molecule has 0 radical (unpaired) electrons. The highest BCUT2D eigenvalue weighted by Gasteiger charge is 2.38. The lowest BCUT2D eigenvalue weighted by molar-refractivity contribution is 0.00801. The van der Waals surface area contributed by atoms with Crippen molar-refractivity contribution in [2.45, 2.75) is 39.0 Å². The molecule has 1 saturated heterocycles. The van der Waals surface area contributed by atoms with Crippen molar-refractivity contribution in [3.05, 3.63) is 58.7 Å². The van der Waals surface area contributed by atoms with Gasteiger partial charge in [0.1, 0.15) is 17.0 Å². The zero-order valence-corrected chi connectivity index (χ0v) is 19.7. The van der Waals surface area contributed by atoms with E-state index < -0.39 is 5.60 Å². The Bertz CT molecular complexity index is 1210. The number of methoxy groups -OCH3 is 1. The maximum Gasteiger partial charge on any atom is 0.410 e. The number of imidazole rings is 1. The fourth-order valence-electron chi connectivity index (χ4n) is 3.67. The quantitative estimate of drug-likeness (QED) is 0.510. The number of anilines is 1. The normalized spacial score (nSPS) is 14.0. The van der Waals surface area contributed by atoms with E-state index in [1.54, 1.807) is 18.1 Å². The number of rotatable bonds is 5. The lowest BCUT2D eigenvalue weighted by Crippen LogP contribution is -2.61. The molecule has 1 aliphatic heterocycles. The molecule has 0 spiro atoms. The van der Waals surface area contributed by atoms with Crippen LogP contribution in [0.4, 0.5) is 16.3 Å². The second kappa shape index (κ2) is 8.79. The molecule has 0 saturated carbocycles. The Hall–Kier alpha value is -3.51. The number of nitrogens with zero attached hydrogens (tertiary/aromatic N) is 6. The van der Waals surface area contributed by atoms with Gasteiger partial charge in [0.05, 0.1) is 19.3 Å². The first-order valence-electron chi connectivity index (χ1n) is 10.5. The first kappa shape index (κ1) is 22.7. The largest absolute Gasteiger partial charge is 0.497 e. The van der Waals surface area contributed by atoms with Gasteiger partial charge >= 0.3 is 6.09 Å². The molecular weight excluding hydrogens is 444 g/mol. The van der Waals surface area contributed by atoms with Crippen molar-refractivity contribution >= 4 is 34.8 Å². The van der Waals surface area contributed by atoms with Gasteiger partial charge in [0.25, 0.3) is 11.5 Å². The average molecular weight is 469 g/mol. The third kappa shape index (κ3) is 4.81. The van der Waals surface area contributed by atoms with Gasteiger partial charge in [0.2, 0.25) is 0 Å². The van der Waals surface area contributed by atoms with Gasteiger partial charge in [-0.15, -0.1) is 4.52 Å². The molecule has 9 nitrogen and oxygen atoms in total. The molecule has 0 N–H and O–H groups in total. The summed E-state index contributed by atoms with van der Waals surface area (Å²) in [6.45, 7) is 14.5. The molecule has 0 unspecified atom stereocenters. The van der Waals surface area contributed by atoms with Crippen LogP contribution in [-0.2, 0) is 11.3 Å². The number of benzene rings is 1. The number of carbonyl (C=O) groups excluding carboxylic acids is 1. The first-order valence-corrected chi connectivity index (χ1v) is 10.9. The lowest BCUT2D eigenvalue weighted by Gasteiger charge is -2.46. The predicted molar refractivity (Wildman–Crippen MR) is 125 cm³/mol. The molecule has 1 aromatic carbocycles. The number of likely N-dealkylation sites (tertiary alicyclic amines) is 1. The lowest BCUT2D eigenvalue weighted by atomic mass is 10.1. The Morgan fingerprint density at radius 3 is 2.61 bits per heavy atom. The molecule has 33 heavy (non-hydrogen) atoms. The SMILES string of the molecule is [C-]#[N+]c1cnc2c(N(Cc3ccc(OC)cc3)C3CN(C(=O)OC(C)(C)C)C3)cc(Cl)nn12. The van der Waals surface area contributed by atoms with E-state index in [1.807, 2.05) is 45.0 Å². The van der Waals surface area contributed by atoms with Crippen molar-refractivity contribution in [3.8, 4) is 5.75 Å². The maximum atomic E-state index is 12.5. The number of fused-ring (bicyclic) bond motifs is 1. The smallest absolute Gasteiger partial charge is 0.410 e. The van der Waals surface area contributed by atoms with E-state index in [4.69, 9.17) is 27.6 Å². The predicted octanol–water partition coefficient (Wildman–Crippen LogP) is 4.57. The number of aromatic nitrogens is 3. The van der Waals surface area contributed by atoms with Crippen molar-refractivity contribution in [3.63, 3.8) is 0 Å². The van der Waals surface area contributed by atoms with E-state index >= 15 is 0 Å². The minimum atomic E-state index is -0.554. The molecule has 0 bridgehead atoms. The van der Waals surface area contributed by atoms with Crippen LogP contribution < -0.4 is 9.64 Å². The summed E-state index contributed by atoms with van der Waals surface area (Å²) in [4.78, 5) is 24.2. The number of ether oxygens (including phenoxy) is 2. The molecule has 1 aliphatic rings. The van der Waals surface area contributed by atoms with Crippen LogP contribution in [0.1, 0.15) is 26.3 Å². The molecule has 4 rings (SSSR count). The minimum Gasteiger partial charge on any atom is -0.497 e. The van der Waals surface area contributed by atoms with Gasteiger partial charge in [0, 0.05) is 25.7 Å². The standard InChI is InChI=1S/C23H25ClN6O3/c1-23(2,3)33-22(31)28-13-16(14-28)29(12-15-6-8-17(32-5)9-7-15)18-10-19(24)27-30-20(25-4)11-26-21(18)30/h6-11,16H,12-14H2,1-3,5H3. The van der Waals surface area contributed by atoms with Crippen molar-refractivity contribution < 1.29 is 14.3 Å². The van der Waals surface area contributed by atoms with E-state index in [0.29, 0.717) is 25.3 Å². The fourth-order valence-corrected chi connectivity index (χ4v) is 3.84. The van der Waals surface area contributed by atoms with Crippen molar-refractivity contribution in [2.75, 3.05) is 25.1 Å². The summed E-state index contributed by atoms with van der Waals surface area (Å²) in [6, 6.07) is 9.55. The topological polar surface area (TPSA) is 76.6 Å². The molecule has 0 aliphatic carbocycles. The highest BCUT2D eigenvalue weighted by Crippen LogP contribution is 2.32. The van der Waals surface area contributed by atoms with E-state index in [0.717, 1.165) is 17.0 Å². The minimum absolute atomic E-state index is 0.00924. The van der Waals surface area contributed by atoms with Crippen LogP contribution in [0.25, 0.3) is 10.5 Å². The monoisotopic (exact) mass is 468 g/mol. The average Bonchev–Trinajstić information content (AvgIpc) is 3.13. The summed E-state index contributed by atoms with van der Waals surface area (Å²) in [5, 5.41) is 4.50. The zero-order valence-electron chi connectivity index (χ0n) is 18.9. The number of hydrogen-bond acceptors (Lipinski definition) is 6. The first-order chi connectivity index (χ1) is 15.7. The van der Waals surface area contributed by atoms with Crippen molar-refractivity contribution in [1.29, 1.82) is 0 Å². The maximum absolute atomic E-state index is 12.5. The Morgan fingerprint density at radius 2 is 2.00 bits per heavy atom. The van der Waals surface area contributed by atoms with Gasteiger partial charge in [-0.25, -0.2) is 9.78 Å². The van der Waals surface area contributed by atoms with Crippen LogP contribution in [0.2, 0.25) is 5.15 Å². The second-order valence-electron chi connectivity index (χ2n) is 8.83. The van der Waals surface area contributed by atoms with Crippen LogP contribution in [-0.4, -0.2) is 57.4 Å². The summed E-state index contributed by atoms with van der Waals surface area (Å²) in [6.07, 6.45) is 1.14. The van der Waals surface area contributed by atoms with Crippen LogP contribution in [0, 0.1) is 6.57 Å². The summed E-state index contributed by atoms with van der Waals surface area (Å²) < 4.78 is 12.2. The molecule has 1 fully saturated rings. The Labute approximate surface area is 197 Å². The number of halogens is 1. The van der Waals surface area contributed by atoms with Gasteiger partial charge in [-0.2, -0.15) is 0 Å². The van der Waals surface area contributed by atoms with Gasteiger partial charge in [-0.3, -0.25) is 0 Å². The molecule has 3 aromatic rings. The molecular formula is C23H25ClN6O3. The van der Waals surface area contributed by atoms with Crippen LogP contribution in [0.5, 0.6) is 5.75 Å². The van der Waals surface area contributed by atoms with Gasteiger partial charge in [0.15, 0.2) is 5.15 Å². The Kier molecular flexibility index (Phi) is 6.04. The Balaban J connectivity index is 1.66. The number of carbonyl (C=O) groups is 1. The van der Waals surface area contributed by atoms with E-state index in [2.05, 4.69) is 19.8 Å². The molecule has 1 amide bonds. The van der Waals surface area contributed by atoms with Crippen LogP contribution >= 0.6 is 11.6 Å². The van der Waals surface area contributed by atoms with Gasteiger partial charge in [-0.05, 0) is 38.5 Å². The molecule has 10 heteroatoms. The van der Waals surface area contributed by atoms with E-state index in [9.17, 15) is 4.79 Å². The van der Waals surface area contributed by atoms with Gasteiger partial charge < -0.3 is 24.1 Å². The molecule has 2 aromatic heterocycles.